The number of hydrogen-bond acceptors (Lipinski definition) is 5. The molecule has 1 aliphatic rings. The molecule has 0 spiro atoms. The standard InChI is InChI=1S/C21H26N6O.HI/c1-23-21(25-11-13-28-19-8-4-10-24-15-19)26-18-7-5-12-27(16-18)20-9-3-2-6-17(20)14-22;/h2-4,6,8-10,15,18H,5,7,11-13,16H2,1H3,(H2,23,25,26);1H. The Morgan fingerprint density at radius 3 is 2.97 bits per heavy atom. The number of para-hydroxylation sites is 1. The van der Waals surface area contributed by atoms with E-state index in [1.165, 1.54) is 0 Å². The maximum absolute atomic E-state index is 9.36. The van der Waals surface area contributed by atoms with Gasteiger partial charge in [0.25, 0.3) is 0 Å². The average molecular weight is 506 g/mol. The first-order valence-corrected chi connectivity index (χ1v) is 9.54. The van der Waals surface area contributed by atoms with E-state index in [0.29, 0.717) is 13.2 Å². The van der Waals surface area contributed by atoms with Crippen LogP contribution in [0.25, 0.3) is 0 Å². The maximum atomic E-state index is 9.36. The highest BCUT2D eigenvalue weighted by atomic mass is 127. The van der Waals surface area contributed by atoms with Crippen LogP contribution < -0.4 is 20.3 Å². The minimum absolute atomic E-state index is 0. The van der Waals surface area contributed by atoms with E-state index in [4.69, 9.17) is 4.74 Å². The van der Waals surface area contributed by atoms with Gasteiger partial charge in [-0.2, -0.15) is 5.26 Å². The number of guanidine groups is 1. The van der Waals surface area contributed by atoms with Crippen molar-refractivity contribution >= 4 is 35.6 Å². The molecule has 0 radical (unpaired) electrons. The molecule has 1 aromatic heterocycles. The summed E-state index contributed by atoms with van der Waals surface area (Å²) in [4.78, 5) is 10.6. The highest BCUT2D eigenvalue weighted by Gasteiger charge is 2.22. The Bertz CT molecular complexity index is 823. The molecule has 1 aromatic carbocycles. The smallest absolute Gasteiger partial charge is 0.191 e. The van der Waals surface area contributed by atoms with Crippen LogP contribution in [0.4, 0.5) is 5.69 Å². The van der Waals surface area contributed by atoms with Crippen molar-refractivity contribution < 1.29 is 4.74 Å². The van der Waals surface area contributed by atoms with Gasteiger partial charge in [0.1, 0.15) is 18.4 Å². The van der Waals surface area contributed by atoms with Crippen LogP contribution >= 0.6 is 24.0 Å². The lowest BCUT2D eigenvalue weighted by Gasteiger charge is -2.35. The minimum Gasteiger partial charge on any atom is -0.490 e. The van der Waals surface area contributed by atoms with Crippen molar-refractivity contribution in [2.24, 2.45) is 4.99 Å². The molecule has 7 nitrogen and oxygen atoms in total. The zero-order chi connectivity index (χ0) is 19.6. The number of hydrogen-bond donors (Lipinski definition) is 2. The number of nitriles is 1. The van der Waals surface area contributed by atoms with Crippen molar-refractivity contribution in [2.75, 3.05) is 38.2 Å². The lowest BCUT2D eigenvalue weighted by atomic mass is 10.0. The molecule has 1 saturated heterocycles. The second kappa shape index (κ2) is 12.1. The van der Waals surface area contributed by atoms with Gasteiger partial charge in [0.15, 0.2) is 5.96 Å². The molecule has 0 bridgehead atoms. The number of pyridine rings is 1. The van der Waals surface area contributed by atoms with Crippen LogP contribution in [0.5, 0.6) is 5.75 Å². The third-order valence-electron chi connectivity index (χ3n) is 4.65. The van der Waals surface area contributed by atoms with Crippen molar-refractivity contribution in [1.29, 1.82) is 5.26 Å². The summed E-state index contributed by atoms with van der Waals surface area (Å²) in [5.41, 5.74) is 1.72. The zero-order valence-electron chi connectivity index (χ0n) is 16.5. The molecule has 0 aliphatic carbocycles. The summed E-state index contributed by atoms with van der Waals surface area (Å²) in [6.07, 6.45) is 5.55. The van der Waals surface area contributed by atoms with Gasteiger partial charge in [-0.1, -0.05) is 12.1 Å². The summed E-state index contributed by atoms with van der Waals surface area (Å²) in [5, 5.41) is 16.1. The number of ether oxygens (including phenoxy) is 1. The maximum Gasteiger partial charge on any atom is 0.191 e. The first-order chi connectivity index (χ1) is 13.8. The van der Waals surface area contributed by atoms with Crippen LogP contribution in [-0.4, -0.2) is 50.3 Å². The first-order valence-electron chi connectivity index (χ1n) is 9.54. The largest absolute Gasteiger partial charge is 0.490 e. The summed E-state index contributed by atoms with van der Waals surface area (Å²) in [5.74, 6) is 1.52. The molecule has 8 heteroatoms. The van der Waals surface area contributed by atoms with E-state index in [1.807, 2.05) is 36.4 Å². The zero-order valence-corrected chi connectivity index (χ0v) is 18.9. The van der Waals surface area contributed by atoms with E-state index < -0.39 is 0 Å². The summed E-state index contributed by atoms with van der Waals surface area (Å²) in [6, 6.07) is 14.1. The second-order valence-electron chi connectivity index (χ2n) is 6.59. The number of nitrogens with one attached hydrogen (secondary N) is 2. The summed E-state index contributed by atoms with van der Waals surface area (Å²) in [7, 11) is 1.77. The molecule has 1 unspecified atom stereocenters. The highest BCUT2D eigenvalue weighted by Crippen LogP contribution is 2.23. The predicted octanol–water partition coefficient (Wildman–Crippen LogP) is 2.78. The van der Waals surface area contributed by atoms with Crippen LogP contribution in [0.2, 0.25) is 0 Å². The van der Waals surface area contributed by atoms with Crippen LogP contribution in [0.3, 0.4) is 0 Å². The molecule has 2 aromatic rings. The fraction of sp³-hybridized carbons (Fsp3) is 0.381. The van der Waals surface area contributed by atoms with E-state index in [9.17, 15) is 5.26 Å². The van der Waals surface area contributed by atoms with Gasteiger partial charge in [-0.25, -0.2) is 0 Å². The number of nitrogens with zero attached hydrogens (tertiary/aromatic N) is 4. The lowest BCUT2D eigenvalue weighted by molar-refractivity contribution is 0.320. The Morgan fingerprint density at radius 1 is 1.34 bits per heavy atom. The Balaban J connectivity index is 0.00000300. The Labute approximate surface area is 189 Å². The third-order valence-corrected chi connectivity index (χ3v) is 4.65. The number of aromatic nitrogens is 1. The molecular formula is C21H27IN6O. The molecule has 1 fully saturated rings. The van der Waals surface area contributed by atoms with Gasteiger partial charge in [0.05, 0.1) is 24.0 Å². The normalized spacial score (nSPS) is 16.3. The van der Waals surface area contributed by atoms with E-state index >= 15 is 0 Å². The Hall–Kier alpha value is -2.54. The highest BCUT2D eigenvalue weighted by molar-refractivity contribution is 14.0. The minimum atomic E-state index is 0. The summed E-state index contributed by atoms with van der Waals surface area (Å²) in [6.45, 7) is 2.97. The van der Waals surface area contributed by atoms with E-state index in [2.05, 4.69) is 31.6 Å². The predicted molar refractivity (Wildman–Crippen MR) is 126 cm³/mol. The van der Waals surface area contributed by atoms with Crippen LogP contribution in [0.1, 0.15) is 18.4 Å². The summed E-state index contributed by atoms with van der Waals surface area (Å²) < 4.78 is 5.64. The van der Waals surface area contributed by atoms with E-state index in [-0.39, 0.29) is 30.0 Å². The quantitative estimate of drug-likeness (QED) is 0.271. The number of anilines is 1. The number of aliphatic imine (C=N–C) groups is 1. The topological polar surface area (TPSA) is 85.6 Å². The number of benzene rings is 1. The van der Waals surface area contributed by atoms with Gasteiger partial charge in [0, 0.05) is 32.4 Å². The third kappa shape index (κ3) is 6.78. The van der Waals surface area contributed by atoms with Gasteiger partial charge in [-0.3, -0.25) is 9.98 Å². The molecule has 1 atom stereocenters. The molecule has 29 heavy (non-hydrogen) atoms. The van der Waals surface area contributed by atoms with Crippen molar-refractivity contribution in [3.63, 3.8) is 0 Å². The van der Waals surface area contributed by atoms with Gasteiger partial charge in [-0.05, 0) is 37.1 Å². The second-order valence-corrected chi connectivity index (χ2v) is 6.59. The van der Waals surface area contributed by atoms with E-state index in [0.717, 1.165) is 48.9 Å². The SMILES string of the molecule is CN=C(NCCOc1cccnc1)NC1CCCN(c2ccccc2C#N)C1.I. The molecule has 0 saturated carbocycles. The Kier molecular flexibility index (Phi) is 9.50. The number of rotatable bonds is 6. The fourth-order valence-electron chi connectivity index (χ4n) is 3.32. The van der Waals surface area contributed by atoms with Crippen molar-refractivity contribution in [3.8, 4) is 11.8 Å². The molecule has 154 valence electrons. The molecular weight excluding hydrogens is 479 g/mol. The lowest BCUT2D eigenvalue weighted by Crippen LogP contribution is -2.51. The molecule has 0 amide bonds. The molecule has 2 N–H and O–H groups in total. The van der Waals surface area contributed by atoms with Crippen molar-refractivity contribution in [2.45, 2.75) is 18.9 Å². The monoisotopic (exact) mass is 506 g/mol. The fourth-order valence-corrected chi connectivity index (χ4v) is 3.32. The number of halogens is 1. The van der Waals surface area contributed by atoms with Crippen molar-refractivity contribution in [1.82, 2.24) is 15.6 Å². The molecule has 1 aliphatic heterocycles. The first kappa shape index (κ1) is 22.7. The van der Waals surface area contributed by atoms with E-state index in [1.54, 1.807) is 19.4 Å². The number of piperidine rings is 1. The average Bonchev–Trinajstić information content (AvgIpc) is 2.76. The van der Waals surface area contributed by atoms with Crippen LogP contribution in [0.15, 0.2) is 53.8 Å². The van der Waals surface area contributed by atoms with Crippen LogP contribution in [0, 0.1) is 11.3 Å². The Morgan fingerprint density at radius 2 is 2.21 bits per heavy atom. The van der Waals surface area contributed by atoms with Crippen LogP contribution in [-0.2, 0) is 0 Å². The van der Waals surface area contributed by atoms with Crippen molar-refractivity contribution in [3.05, 3.63) is 54.4 Å². The van der Waals surface area contributed by atoms with Gasteiger partial charge in [0.2, 0.25) is 0 Å². The summed E-state index contributed by atoms with van der Waals surface area (Å²) >= 11 is 0. The molecule has 3 rings (SSSR count). The van der Waals surface area contributed by atoms with Gasteiger partial charge in [-0.15, -0.1) is 24.0 Å². The molecule has 2 heterocycles. The van der Waals surface area contributed by atoms with Gasteiger partial charge >= 0.3 is 0 Å². The van der Waals surface area contributed by atoms with Gasteiger partial charge < -0.3 is 20.3 Å².